The summed E-state index contributed by atoms with van der Waals surface area (Å²) in [5.41, 5.74) is 6.08. The van der Waals surface area contributed by atoms with Gasteiger partial charge in [0.2, 0.25) is 0 Å². The molecule has 0 aromatic rings. The van der Waals surface area contributed by atoms with Crippen molar-refractivity contribution in [3.8, 4) is 0 Å². The van der Waals surface area contributed by atoms with Crippen molar-refractivity contribution in [2.24, 2.45) is 35.3 Å². The van der Waals surface area contributed by atoms with Crippen LogP contribution in [-0.4, -0.2) is 6.54 Å². The number of hydrogen-bond acceptors (Lipinski definition) is 1. The first-order chi connectivity index (χ1) is 9.08. The lowest BCUT2D eigenvalue weighted by atomic mass is 9.75. The van der Waals surface area contributed by atoms with E-state index in [4.69, 9.17) is 5.73 Å². The van der Waals surface area contributed by atoms with Gasteiger partial charge in [-0.25, -0.2) is 0 Å². The molecule has 0 bridgehead atoms. The largest absolute Gasteiger partial charge is 0.330 e. The lowest BCUT2D eigenvalue weighted by molar-refractivity contribution is 0.203. The predicted octanol–water partition coefficient (Wildman–Crippen LogP) is 5.24. The second kappa shape index (κ2) is 9.00. The first-order valence-corrected chi connectivity index (χ1v) is 8.78. The zero-order valence-electron chi connectivity index (χ0n) is 13.8. The Morgan fingerprint density at radius 3 is 2.11 bits per heavy atom. The highest BCUT2D eigenvalue weighted by Gasteiger charge is 2.24. The molecule has 1 nitrogen and oxygen atoms in total. The van der Waals surface area contributed by atoms with Gasteiger partial charge in [0.25, 0.3) is 0 Å². The lowest BCUT2D eigenvalue weighted by Gasteiger charge is -2.31. The first-order valence-electron chi connectivity index (χ1n) is 8.78. The molecule has 4 unspecified atom stereocenters. The van der Waals surface area contributed by atoms with Crippen molar-refractivity contribution in [1.82, 2.24) is 0 Å². The van der Waals surface area contributed by atoms with E-state index >= 15 is 0 Å². The van der Waals surface area contributed by atoms with E-state index in [1.165, 1.54) is 51.4 Å². The highest BCUT2D eigenvalue weighted by molar-refractivity contribution is 4.76. The van der Waals surface area contributed by atoms with Gasteiger partial charge < -0.3 is 5.73 Å². The molecule has 0 radical (unpaired) electrons. The Balaban J connectivity index is 2.39. The van der Waals surface area contributed by atoms with Crippen LogP contribution in [0.2, 0.25) is 0 Å². The van der Waals surface area contributed by atoms with Gasteiger partial charge in [0.15, 0.2) is 0 Å². The fourth-order valence-corrected chi connectivity index (χ4v) is 3.83. The topological polar surface area (TPSA) is 26.0 Å². The van der Waals surface area contributed by atoms with Gasteiger partial charge in [0.05, 0.1) is 0 Å². The number of nitrogens with two attached hydrogens (primary N) is 1. The quantitative estimate of drug-likeness (QED) is 0.639. The van der Waals surface area contributed by atoms with Crippen molar-refractivity contribution < 1.29 is 0 Å². The number of hydrogen-bond donors (Lipinski definition) is 1. The fraction of sp³-hybridized carbons (Fsp3) is 1.00. The van der Waals surface area contributed by atoms with Gasteiger partial charge in [-0.3, -0.25) is 0 Å². The molecule has 19 heavy (non-hydrogen) atoms. The van der Waals surface area contributed by atoms with E-state index in [1.54, 1.807) is 0 Å². The van der Waals surface area contributed by atoms with Crippen LogP contribution in [0.15, 0.2) is 0 Å². The summed E-state index contributed by atoms with van der Waals surface area (Å²) in [7, 11) is 0. The molecule has 1 fully saturated rings. The molecular formula is C18H37N. The fourth-order valence-electron chi connectivity index (χ4n) is 3.83. The van der Waals surface area contributed by atoms with Crippen molar-refractivity contribution in [3.05, 3.63) is 0 Å². The van der Waals surface area contributed by atoms with Gasteiger partial charge in [-0.2, -0.15) is 0 Å². The minimum absolute atomic E-state index is 0.759. The van der Waals surface area contributed by atoms with Gasteiger partial charge in [0, 0.05) is 0 Å². The Morgan fingerprint density at radius 2 is 1.58 bits per heavy atom. The third-order valence-electron chi connectivity index (χ3n) is 5.83. The standard InChI is InChI=1S/C18H37N/c1-5-14(2)15(3)11-16(4)18(13-19)12-17-9-7-6-8-10-17/h14-18H,5-13,19H2,1-4H3. The van der Waals surface area contributed by atoms with E-state index in [1.807, 2.05) is 0 Å². The molecule has 0 saturated heterocycles. The van der Waals surface area contributed by atoms with Crippen LogP contribution >= 0.6 is 0 Å². The summed E-state index contributed by atoms with van der Waals surface area (Å²) >= 11 is 0. The Hall–Kier alpha value is -0.0400. The molecule has 1 aliphatic rings. The molecule has 0 aliphatic heterocycles. The van der Waals surface area contributed by atoms with Crippen molar-refractivity contribution >= 4 is 0 Å². The molecular weight excluding hydrogens is 230 g/mol. The van der Waals surface area contributed by atoms with Crippen molar-refractivity contribution in [3.63, 3.8) is 0 Å². The van der Waals surface area contributed by atoms with Gasteiger partial charge in [-0.15, -0.1) is 0 Å². The summed E-state index contributed by atoms with van der Waals surface area (Å²) in [6.45, 7) is 10.5. The monoisotopic (exact) mass is 267 g/mol. The van der Waals surface area contributed by atoms with Crippen LogP contribution in [-0.2, 0) is 0 Å². The highest BCUT2D eigenvalue weighted by Crippen LogP contribution is 2.34. The van der Waals surface area contributed by atoms with Crippen LogP contribution in [0.1, 0.15) is 79.1 Å². The van der Waals surface area contributed by atoms with E-state index in [2.05, 4.69) is 27.7 Å². The lowest BCUT2D eigenvalue weighted by Crippen LogP contribution is -2.27. The summed E-state index contributed by atoms with van der Waals surface area (Å²) in [5, 5.41) is 0. The SMILES string of the molecule is CCC(C)C(C)CC(C)C(CN)CC1CCCCC1. The molecule has 4 atom stereocenters. The third-order valence-corrected chi connectivity index (χ3v) is 5.83. The van der Waals surface area contributed by atoms with E-state index in [-0.39, 0.29) is 0 Å². The molecule has 1 heteroatoms. The molecule has 1 saturated carbocycles. The normalized spacial score (nSPS) is 23.8. The molecule has 0 aromatic heterocycles. The number of rotatable bonds is 8. The van der Waals surface area contributed by atoms with Crippen LogP contribution in [0.4, 0.5) is 0 Å². The predicted molar refractivity (Wildman–Crippen MR) is 86.1 cm³/mol. The van der Waals surface area contributed by atoms with Crippen LogP contribution in [0.25, 0.3) is 0 Å². The second-order valence-corrected chi connectivity index (χ2v) is 7.31. The summed E-state index contributed by atoms with van der Waals surface area (Å²) in [6, 6.07) is 0. The average molecular weight is 268 g/mol. The Labute approximate surface area is 121 Å². The zero-order valence-corrected chi connectivity index (χ0v) is 13.8. The molecule has 0 heterocycles. The maximum Gasteiger partial charge on any atom is -0.00462 e. The Bertz CT molecular complexity index is 220. The minimum Gasteiger partial charge on any atom is -0.330 e. The second-order valence-electron chi connectivity index (χ2n) is 7.31. The molecule has 0 amide bonds. The molecule has 1 rings (SSSR count). The maximum atomic E-state index is 6.08. The van der Waals surface area contributed by atoms with E-state index in [0.29, 0.717) is 0 Å². The molecule has 1 aliphatic carbocycles. The van der Waals surface area contributed by atoms with Crippen molar-refractivity contribution in [2.75, 3.05) is 6.54 Å². The van der Waals surface area contributed by atoms with Gasteiger partial charge in [0.1, 0.15) is 0 Å². The highest BCUT2D eigenvalue weighted by atomic mass is 14.6. The Morgan fingerprint density at radius 1 is 0.947 bits per heavy atom. The molecule has 114 valence electrons. The molecule has 0 aromatic carbocycles. The van der Waals surface area contributed by atoms with Gasteiger partial charge >= 0.3 is 0 Å². The first kappa shape index (κ1) is 17.0. The molecule has 2 N–H and O–H groups in total. The summed E-state index contributed by atoms with van der Waals surface area (Å²) in [5.74, 6) is 4.24. The van der Waals surface area contributed by atoms with Crippen LogP contribution < -0.4 is 5.73 Å². The van der Waals surface area contributed by atoms with Crippen LogP contribution in [0, 0.1) is 29.6 Å². The van der Waals surface area contributed by atoms with Crippen LogP contribution in [0.5, 0.6) is 0 Å². The van der Waals surface area contributed by atoms with E-state index in [0.717, 1.165) is 36.1 Å². The summed E-state index contributed by atoms with van der Waals surface area (Å²) in [6.07, 6.45) is 11.4. The zero-order chi connectivity index (χ0) is 14.3. The van der Waals surface area contributed by atoms with E-state index < -0.39 is 0 Å². The van der Waals surface area contributed by atoms with Crippen molar-refractivity contribution in [1.29, 1.82) is 0 Å². The van der Waals surface area contributed by atoms with Gasteiger partial charge in [-0.1, -0.05) is 66.2 Å². The average Bonchev–Trinajstić information content (AvgIpc) is 2.44. The smallest absolute Gasteiger partial charge is 0.00462 e. The van der Waals surface area contributed by atoms with E-state index in [9.17, 15) is 0 Å². The maximum absolute atomic E-state index is 6.08. The minimum atomic E-state index is 0.759. The van der Waals surface area contributed by atoms with Crippen LogP contribution in [0.3, 0.4) is 0 Å². The van der Waals surface area contributed by atoms with Gasteiger partial charge in [-0.05, 0) is 49.0 Å². The van der Waals surface area contributed by atoms with Crippen molar-refractivity contribution in [2.45, 2.75) is 79.1 Å². The Kier molecular flexibility index (Phi) is 8.06. The molecule has 0 spiro atoms. The summed E-state index contributed by atoms with van der Waals surface area (Å²) < 4.78 is 0. The third kappa shape index (κ3) is 5.85. The summed E-state index contributed by atoms with van der Waals surface area (Å²) in [4.78, 5) is 0.